The van der Waals surface area contributed by atoms with Gasteiger partial charge in [0.1, 0.15) is 0 Å². The molecule has 4 aromatic carbocycles. The van der Waals surface area contributed by atoms with Gasteiger partial charge in [0.2, 0.25) is 5.91 Å². The summed E-state index contributed by atoms with van der Waals surface area (Å²) in [6, 6.07) is 31.0. The first kappa shape index (κ1) is 23.4. The van der Waals surface area contributed by atoms with Gasteiger partial charge in [0.05, 0.1) is 11.5 Å². The molecule has 4 aromatic rings. The number of benzene rings is 4. The van der Waals surface area contributed by atoms with Gasteiger partial charge < -0.3 is 4.90 Å². The first-order valence-electron chi connectivity index (χ1n) is 13.1. The van der Waals surface area contributed by atoms with Crippen LogP contribution in [0.1, 0.15) is 54.2 Å². The Morgan fingerprint density at radius 3 is 2.41 bits per heavy atom. The molecule has 3 nitrogen and oxygen atoms in total. The van der Waals surface area contributed by atoms with Crippen LogP contribution >= 0.6 is 0 Å². The molecule has 0 spiro atoms. The lowest BCUT2D eigenvalue weighted by atomic mass is 9.69. The maximum atomic E-state index is 14.1. The topological polar surface area (TPSA) is 37.4 Å². The molecule has 0 bridgehead atoms. The van der Waals surface area contributed by atoms with E-state index in [1.165, 1.54) is 5.56 Å². The predicted octanol–water partition coefficient (Wildman–Crippen LogP) is 7.77. The van der Waals surface area contributed by atoms with Crippen LogP contribution in [0, 0.1) is 11.3 Å². The number of fused-ring (bicyclic) bond motifs is 2. The summed E-state index contributed by atoms with van der Waals surface area (Å²) in [5, 5.41) is 2.33. The summed E-state index contributed by atoms with van der Waals surface area (Å²) >= 11 is 0. The smallest absolute Gasteiger partial charge is 0.230 e. The second-order valence-corrected chi connectivity index (χ2v) is 10.7. The molecule has 1 heterocycles. The van der Waals surface area contributed by atoms with Crippen LogP contribution in [0.5, 0.6) is 0 Å². The predicted molar refractivity (Wildman–Crippen MR) is 149 cm³/mol. The van der Waals surface area contributed by atoms with Gasteiger partial charge in [-0.25, -0.2) is 0 Å². The molecule has 37 heavy (non-hydrogen) atoms. The first-order valence-corrected chi connectivity index (χ1v) is 13.1. The van der Waals surface area contributed by atoms with Crippen molar-refractivity contribution in [2.24, 2.45) is 11.3 Å². The number of ketones is 1. The normalized spacial score (nSPS) is 22.9. The van der Waals surface area contributed by atoms with Crippen LogP contribution in [0.4, 0.5) is 0 Å². The Kier molecular flexibility index (Phi) is 5.79. The fourth-order valence-electron chi connectivity index (χ4n) is 6.40. The summed E-state index contributed by atoms with van der Waals surface area (Å²) in [7, 11) is 0. The number of amides is 1. The molecule has 1 aliphatic carbocycles. The maximum absolute atomic E-state index is 14.1. The highest BCUT2D eigenvalue weighted by Gasteiger charge is 2.56. The Hall–Kier alpha value is -3.98. The second kappa shape index (κ2) is 9.15. The van der Waals surface area contributed by atoms with Gasteiger partial charge >= 0.3 is 0 Å². The van der Waals surface area contributed by atoms with Gasteiger partial charge in [0, 0.05) is 18.0 Å². The number of hydrogen-bond acceptors (Lipinski definition) is 2. The number of carbonyl (C=O) groups excluding carboxylic acids is 2. The number of hydrogen-bond donors (Lipinski definition) is 0. The Balaban J connectivity index is 1.58. The van der Waals surface area contributed by atoms with Crippen LogP contribution in [-0.4, -0.2) is 16.6 Å². The third kappa shape index (κ3) is 3.90. The van der Waals surface area contributed by atoms with Crippen molar-refractivity contribution in [2.75, 3.05) is 0 Å². The van der Waals surface area contributed by atoms with E-state index in [9.17, 15) is 9.59 Å². The summed E-state index contributed by atoms with van der Waals surface area (Å²) in [4.78, 5) is 28.2. The molecule has 3 heteroatoms. The zero-order valence-electron chi connectivity index (χ0n) is 21.4. The van der Waals surface area contributed by atoms with E-state index >= 15 is 0 Å². The minimum atomic E-state index is -0.421. The van der Waals surface area contributed by atoms with Gasteiger partial charge in [-0.05, 0) is 52.8 Å². The Bertz CT molecular complexity index is 1520. The molecular weight excluding hydrogens is 454 g/mol. The van der Waals surface area contributed by atoms with Crippen molar-refractivity contribution in [3.8, 4) is 11.1 Å². The number of allylic oxidation sites excluding steroid dienone is 1. The van der Waals surface area contributed by atoms with E-state index in [0.717, 1.165) is 40.3 Å². The van der Waals surface area contributed by atoms with E-state index in [1.54, 1.807) is 6.92 Å². The minimum Gasteiger partial charge on any atom is -0.330 e. The lowest BCUT2D eigenvalue weighted by Gasteiger charge is -2.33. The van der Waals surface area contributed by atoms with Crippen LogP contribution in [0.3, 0.4) is 0 Å². The highest BCUT2D eigenvalue weighted by molar-refractivity contribution is 6.00. The molecule has 184 valence electrons. The lowest BCUT2D eigenvalue weighted by molar-refractivity contribution is -0.137. The summed E-state index contributed by atoms with van der Waals surface area (Å²) in [6.45, 7) is 4.34. The van der Waals surface area contributed by atoms with Crippen molar-refractivity contribution in [2.45, 2.75) is 39.3 Å². The molecule has 1 aliphatic heterocycles. The molecule has 3 unspecified atom stereocenters. The number of carbonyl (C=O) groups is 2. The number of likely N-dealkylation sites (tertiary alicyclic amines) is 1. The van der Waals surface area contributed by atoms with Crippen molar-refractivity contribution in [3.05, 3.63) is 120 Å². The van der Waals surface area contributed by atoms with E-state index in [1.807, 2.05) is 30.3 Å². The summed E-state index contributed by atoms with van der Waals surface area (Å²) in [5.74, 6) is 0.388. The molecule has 0 N–H and O–H groups in total. The van der Waals surface area contributed by atoms with Gasteiger partial charge in [0.15, 0.2) is 5.78 Å². The van der Waals surface area contributed by atoms with Crippen molar-refractivity contribution in [3.63, 3.8) is 0 Å². The van der Waals surface area contributed by atoms with Crippen molar-refractivity contribution >= 4 is 22.5 Å². The number of nitrogens with zero attached hydrogens (tertiary/aromatic N) is 1. The molecule has 6 rings (SSSR count). The summed E-state index contributed by atoms with van der Waals surface area (Å²) in [6.07, 6.45) is 6.34. The van der Waals surface area contributed by atoms with E-state index < -0.39 is 5.41 Å². The third-order valence-corrected chi connectivity index (χ3v) is 8.39. The molecule has 1 saturated heterocycles. The monoisotopic (exact) mass is 485 g/mol. The van der Waals surface area contributed by atoms with Crippen LogP contribution in [0.2, 0.25) is 0 Å². The van der Waals surface area contributed by atoms with E-state index in [0.29, 0.717) is 12.1 Å². The Morgan fingerprint density at radius 1 is 0.919 bits per heavy atom. The Morgan fingerprint density at radius 2 is 1.65 bits per heavy atom. The summed E-state index contributed by atoms with van der Waals surface area (Å²) in [5.41, 5.74) is 4.80. The van der Waals surface area contributed by atoms with Crippen LogP contribution in [0.25, 0.3) is 21.9 Å². The highest BCUT2D eigenvalue weighted by Crippen LogP contribution is 2.56. The van der Waals surface area contributed by atoms with E-state index in [4.69, 9.17) is 0 Å². The maximum Gasteiger partial charge on any atom is 0.230 e. The van der Waals surface area contributed by atoms with Crippen molar-refractivity contribution in [1.29, 1.82) is 0 Å². The fraction of sp³-hybridized carbons (Fsp3) is 0.235. The van der Waals surface area contributed by atoms with Gasteiger partial charge in [-0.2, -0.15) is 0 Å². The average molecular weight is 486 g/mol. The van der Waals surface area contributed by atoms with Crippen molar-refractivity contribution < 1.29 is 9.59 Å². The molecule has 0 saturated carbocycles. The number of rotatable bonds is 5. The summed E-state index contributed by atoms with van der Waals surface area (Å²) < 4.78 is 0. The van der Waals surface area contributed by atoms with Gasteiger partial charge in [-0.1, -0.05) is 110 Å². The highest BCUT2D eigenvalue weighted by atomic mass is 16.2. The van der Waals surface area contributed by atoms with Crippen LogP contribution in [0.15, 0.2) is 103 Å². The van der Waals surface area contributed by atoms with Gasteiger partial charge in [0.25, 0.3) is 0 Å². The van der Waals surface area contributed by atoms with Gasteiger partial charge in [-0.3, -0.25) is 9.59 Å². The third-order valence-electron chi connectivity index (χ3n) is 8.39. The molecule has 3 atom stereocenters. The zero-order valence-corrected chi connectivity index (χ0v) is 21.4. The quantitative estimate of drug-likeness (QED) is 0.214. The zero-order chi connectivity index (χ0) is 25.6. The number of Topliss-reactive ketones (excluding diaryl/α,β-unsaturated/α-hetero) is 1. The van der Waals surface area contributed by atoms with Gasteiger partial charge in [-0.15, -0.1) is 0 Å². The second-order valence-electron chi connectivity index (χ2n) is 10.7. The first-order chi connectivity index (χ1) is 18.0. The standard InChI is InChI=1S/C34H31NO2/c1-23(36)25-15-17-27(18-16-25)31-28-13-7-6-12-26(28)19-20-29(31)32-30-14-8-9-21-34(30,2)33(37)35(32)22-24-10-4-3-5-11-24/h3-8,10-20,30,32H,9,21-22H2,1-2H3. The lowest BCUT2D eigenvalue weighted by Crippen LogP contribution is -2.34. The molecule has 1 amide bonds. The SMILES string of the molecule is CC(=O)c1ccc(-c2c(C3C4C=CCCC4(C)C(=O)N3Cc3ccccc3)ccc3ccccc23)cc1. The largest absolute Gasteiger partial charge is 0.330 e. The average Bonchev–Trinajstić information content (AvgIpc) is 3.14. The molecule has 0 aromatic heterocycles. The van der Waals surface area contributed by atoms with E-state index in [2.05, 4.69) is 84.6 Å². The minimum absolute atomic E-state index is 0.0585. The van der Waals surface area contributed by atoms with Crippen LogP contribution < -0.4 is 0 Å². The van der Waals surface area contributed by atoms with Crippen LogP contribution in [-0.2, 0) is 11.3 Å². The van der Waals surface area contributed by atoms with Crippen molar-refractivity contribution in [1.82, 2.24) is 4.90 Å². The molecule has 2 aliphatic rings. The molecule has 1 fully saturated rings. The Labute approximate surface area is 218 Å². The molecular formula is C34H31NO2. The fourth-order valence-corrected chi connectivity index (χ4v) is 6.40. The molecule has 0 radical (unpaired) electrons. The van der Waals surface area contributed by atoms with E-state index in [-0.39, 0.29) is 23.7 Å².